The van der Waals surface area contributed by atoms with Crippen LogP contribution in [0.4, 0.5) is 4.39 Å². The Balaban J connectivity index is 1.86. The average Bonchev–Trinajstić information content (AvgIpc) is 2.71. The van der Waals surface area contributed by atoms with Crippen LogP contribution in [0.2, 0.25) is 5.02 Å². The molecule has 0 N–H and O–H groups in total. The average molecular weight is 433 g/mol. The largest absolute Gasteiger partial charge is 0.268 e. The zero-order valence-electron chi connectivity index (χ0n) is 17.6. The summed E-state index contributed by atoms with van der Waals surface area (Å²) in [4.78, 5) is 17.9. The highest BCUT2D eigenvalue weighted by Gasteiger charge is 2.14. The van der Waals surface area contributed by atoms with Crippen molar-refractivity contribution in [2.24, 2.45) is 0 Å². The first kappa shape index (κ1) is 21.0. The monoisotopic (exact) mass is 432 g/mol. The molecular formula is C26H22ClFN2O. The number of halogens is 2. The maximum Gasteiger partial charge on any atom is 0.266 e. The zero-order chi connectivity index (χ0) is 22.2. The molecule has 0 saturated carbocycles. The molecule has 31 heavy (non-hydrogen) atoms. The fraction of sp³-hybridized carbons (Fsp3) is 0.154. The number of hydrogen-bond donors (Lipinski definition) is 0. The number of nitrogens with zero attached hydrogens (tertiary/aromatic N) is 2. The Labute approximate surface area is 185 Å². The zero-order valence-corrected chi connectivity index (χ0v) is 18.3. The summed E-state index contributed by atoms with van der Waals surface area (Å²) in [6, 6.07) is 19.1. The smallest absolute Gasteiger partial charge is 0.266 e. The summed E-state index contributed by atoms with van der Waals surface area (Å²) in [6.45, 7) is 6.50. The molecule has 0 amide bonds. The molecule has 1 aromatic heterocycles. The molecule has 0 aliphatic rings. The summed E-state index contributed by atoms with van der Waals surface area (Å²) in [7, 11) is 0. The molecule has 3 aromatic carbocycles. The van der Waals surface area contributed by atoms with Gasteiger partial charge < -0.3 is 0 Å². The molecule has 0 spiro atoms. The third kappa shape index (κ3) is 4.44. The second kappa shape index (κ2) is 8.12. The molecule has 3 nitrogen and oxygen atoms in total. The van der Waals surface area contributed by atoms with E-state index in [2.05, 4.69) is 37.9 Å². The lowest BCUT2D eigenvalue weighted by Gasteiger charge is -2.18. The molecule has 156 valence electrons. The summed E-state index contributed by atoms with van der Waals surface area (Å²) in [5.74, 6) is -0.0291. The molecule has 0 saturated heterocycles. The lowest BCUT2D eigenvalue weighted by molar-refractivity contribution is 0.590. The van der Waals surface area contributed by atoms with Crippen LogP contribution in [0.1, 0.15) is 37.7 Å². The predicted molar refractivity (Wildman–Crippen MR) is 126 cm³/mol. The van der Waals surface area contributed by atoms with E-state index in [4.69, 9.17) is 11.6 Å². The van der Waals surface area contributed by atoms with Gasteiger partial charge in [0.1, 0.15) is 11.6 Å². The van der Waals surface area contributed by atoms with Crippen molar-refractivity contribution in [3.05, 3.63) is 105 Å². The van der Waals surface area contributed by atoms with Crippen LogP contribution in [0.3, 0.4) is 0 Å². The van der Waals surface area contributed by atoms with Gasteiger partial charge in [-0.15, -0.1) is 0 Å². The van der Waals surface area contributed by atoms with Crippen LogP contribution in [0.25, 0.3) is 28.7 Å². The molecule has 0 bridgehead atoms. The number of aromatic nitrogens is 2. The maximum atomic E-state index is 13.9. The van der Waals surface area contributed by atoms with Gasteiger partial charge in [0.15, 0.2) is 0 Å². The molecule has 0 atom stereocenters. The summed E-state index contributed by atoms with van der Waals surface area (Å²) in [5.41, 5.74) is 2.90. The van der Waals surface area contributed by atoms with Crippen LogP contribution < -0.4 is 5.56 Å². The maximum absolute atomic E-state index is 13.9. The van der Waals surface area contributed by atoms with E-state index in [1.807, 2.05) is 18.2 Å². The van der Waals surface area contributed by atoms with E-state index in [9.17, 15) is 9.18 Å². The second-order valence-corrected chi connectivity index (χ2v) is 8.89. The van der Waals surface area contributed by atoms with Gasteiger partial charge in [-0.2, -0.15) is 0 Å². The molecule has 4 aromatic rings. The van der Waals surface area contributed by atoms with E-state index in [0.29, 0.717) is 27.4 Å². The van der Waals surface area contributed by atoms with Crippen molar-refractivity contribution in [2.45, 2.75) is 26.2 Å². The fourth-order valence-corrected chi connectivity index (χ4v) is 3.58. The number of benzene rings is 3. The van der Waals surface area contributed by atoms with Crippen molar-refractivity contribution in [3.8, 4) is 5.69 Å². The highest BCUT2D eigenvalue weighted by atomic mass is 35.5. The van der Waals surface area contributed by atoms with Gasteiger partial charge in [-0.25, -0.2) is 9.37 Å². The van der Waals surface area contributed by atoms with Gasteiger partial charge in [0.05, 0.1) is 16.6 Å². The van der Waals surface area contributed by atoms with Gasteiger partial charge >= 0.3 is 0 Å². The van der Waals surface area contributed by atoms with E-state index in [-0.39, 0.29) is 11.0 Å². The minimum absolute atomic E-state index is 0.0687. The second-order valence-electron chi connectivity index (χ2n) is 8.46. The molecule has 1 heterocycles. The van der Waals surface area contributed by atoms with Crippen LogP contribution in [0.15, 0.2) is 71.5 Å². The molecule has 0 radical (unpaired) electrons. The van der Waals surface area contributed by atoms with Crippen molar-refractivity contribution in [1.82, 2.24) is 9.55 Å². The van der Waals surface area contributed by atoms with Gasteiger partial charge in [0, 0.05) is 5.02 Å². The standard InChI is InChI=1S/C26H22ClFN2O/c1-26(2,3)18-10-7-17(8-11-18)9-14-24-29-23-15-19(27)12-13-22(23)25(31)30(24)21-6-4-5-20(28)16-21/h4-16H,1-3H3. The SMILES string of the molecule is CC(C)(C)c1ccc(C=Cc2nc3cc(Cl)ccc3c(=O)n2-c2cccc(F)c2)cc1. The van der Waals surface area contributed by atoms with E-state index in [0.717, 1.165) is 5.56 Å². The summed E-state index contributed by atoms with van der Waals surface area (Å²) >= 11 is 6.11. The summed E-state index contributed by atoms with van der Waals surface area (Å²) in [5, 5.41) is 0.913. The third-order valence-electron chi connectivity index (χ3n) is 5.13. The van der Waals surface area contributed by atoms with Crippen molar-refractivity contribution in [2.75, 3.05) is 0 Å². The number of hydrogen-bond acceptors (Lipinski definition) is 2. The predicted octanol–water partition coefficient (Wildman–Crippen LogP) is 6.65. The quantitative estimate of drug-likeness (QED) is 0.363. The molecule has 0 fully saturated rings. The van der Waals surface area contributed by atoms with Crippen LogP contribution in [-0.2, 0) is 5.41 Å². The van der Waals surface area contributed by atoms with Crippen molar-refractivity contribution < 1.29 is 4.39 Å². The lowest BCUT2D eigenvalue weighted by atomic mass is 9.87. The highest BCUT2D eigenvalue weighted by Crippen LogP contribution is 2.23. The molecule has 0 aliphatic heterocycles. The Morgan fingerprint density at radius 3 is 2.39 bits per heavy atom. The lowest BCUT2D eigenvalue weighted by Crippen LogP contribution is -2.22. The van der Waals surface area contributed by atoms with Crippen molar-refractivity contribution in [1.29, 1.82) is 0 Å². The minimum atomic E-state index is -0.423. The molecule has 0 aliphatic carbocycles. The third-order valence-corrected chi connectivity index (χ3v) is 5.36. The van der Waals surface area contributed by atoms with Crippen LogP contribution >= 0.6 is 11.6 Å². The summed E-state index contributed by atoms with van der Waals surface area (Å²) < 4.78 is 15.3. The van der Waals surface area contributed by atoms with E-state index in [1.54, 1.807) is 36.4 Å². The fourth-order valence-electron chi connectivity index (χ4n) is 3.42. The van der Waals surface area contributed by atoms with Crippen molar-refractivity contribution in [3.63, 3.8) is 0 Å². The van der Waals surface area contributed by atoms with Crippen LogP contribution in [0, 0.1) is 5.82 Å². The first-order valence-electron chi connectivity index (χ1n) is 9.99. The van der Waals surface area contributed by atoms with Gasteiger partial charge in [-0.1, -0.05) is 68.8 Å². The first-order valence-corrected chi connectivity index (χ1v) is 10.4. The van der Waals surface area contributed by atoms with Gasteiger partial charge in [-0.3, -0.25) is 9.36 Å². The Kier molecular flexibility index (Phi) is 5.50. The number of rotatable bonds is 3. The first-order chi connectivity index (χ1) is 14.7. The van der Waals surface area contributed by atoms with E-state index < -0.39 is 5.82 Å². The Morgan fingerprint density at radius 2 is 1.71 bits per heavy atom. The molecule has 5 heteroatoms. The van der Waals surface area contributed by atoms with Crippen LogP contribution in [0.5, 0.6) is 0 Å². The Hall–Kier alpha value is -3.24. The normalized spacial score (nSPS) is 12.0. The molecule has 4 rings (SSSR count). The summed E-state index contributed by atoms with van der Waals surface area (Å²) in [6.07, 6.45) is 3.65. The topological polar surface area (TPSA) is 34.9 Å². The van der Waals surface area contributed by atoms with Crippen molar-refractivity contribution >= 4 is 34.7 Å². The van der Waals surface area contributed by atoms with Gasteiger partial charge in [0.2, 0.25) is 0 Å². The highest BCUT2D eigenvalue weighted by molar-refractivity contribution is 6.31. The molecular weight excluding hydrogens is 411 g/mol. The van der Waals surface area contributed by atoms with Gasteiger partial charge in [0.25, 0.3) is 5.56 Å². The number of fused-ring (bicyclic) bond motifs is 1. The van der Waals surface area contributed by atoms with E-state index >= 15 is 0 Å². The Bertz CT molecular complexity index is 1350. The van der Waals surface area contributed by atoms with Crippen LogP contribution in [-0.4, -0.2) is 9.55 Å². The minimum Gasteiger partial charge on any atom is -0.268 e. The van der Waals surface area contributed by atoms with Gasteiger partial charge in [-0.05, 0) is 59.0 Å². The molecule has 0 unspecified atom stereocenters. The van der Waals surface area contributed by atoms with E-state index in [1.165, 1.54) is 22.3 Å². The Morgan fingerprint density at radius 1 is 0.968 bits per heavy atom.